The molecule has 0 fully saturated rings. The van der Waals surface area contributed by atoms with Crippen LogP contribution in [0, 0.1) is 0 Å². The third-order valence-corrected chi connectivity index (χ3v) is 1.74. The first-order valence-corrected chi connectivity index (χ1v) is 5.63. The lowest BCUT2D eigenvalue weighted by Gasteiger charge is -2.11. The molecule has 0 aliphatic carbocycles. The predicted octanol–water partition coefficient (Wildman–Crippen LogP) is 0.882. The molecule has 0 aliphatic heterocycles. The van der Waals surface area contributed by atoms with Crippen molar-refractivity contribution in [2.45, 2.75) is 33.3 Å². The van der Waals surface area contributed by atoms with Gasteiger partial charge in [-0.25, -0.2) is 9.59 Å². The summed E-state index contributed by atoms with van der Waals surface area (Å²) in [6.45, 7) is 5.66. The van der Waals surface area contributed by atoms with E-state index in [0.717, 1.165) is 6.42 Å². The minimum absolute atomic E-state index is 0.130. The van der Waals surface area contributed by atoms with E-state index in [1.165, 1.54) is 0 Å². The van der Waals surface area contributed by atoms with Crippen LogP contribution in [0.2, 0.25) is 0 Å². The molecule has 0 rings (SSSR count). The average Bonchev–Trinajstić information content (AvgIpc) is 2.33. The molecule has 17 heavy (non-hydrogen) atoms. The van der Waals surface area contributed by atoms with Crippen molar-refractivity contribution < 1.29 is 28.5 Å². The minimum atomic E-state index is -0.672. The second-order valence-corrected chi connectivity index (χ2v) is 3.25. The highest BCUT2D eigenvalue weighted by Gasteiger charge is 2.16. The molecule has 0 radical (unpaired) electrons. The third kappa shape index (κ3) is 8.65. The lowest BCUT2D eigenvalue weighted by atomic mass is 10.4. The Bertz CT molecular complexity index is 228. The Labute approximate surface area is 101 Å². The summed E-state index contributed by atoms with van der Waals surface area (Å²) >= 11 is 0. The van der Waals surface area contributed by atoms with Gasteiger partial charge in [-0.1, -0.05) is 6.92 Å². The van der Waals surface area contributed by atoms with Gasteiger partial charge in [0.25, 0.3) is 0 Å². The van der Waals surface area contributed by atoms with Crippen LogP contribution in [0.1, 0.15) is 27.2 Å². The lowest BCUT2D eigenvalue weighted by molar-refractivity contribution is -0.171. The maximum absolute atomic E-state index is 11.3. The van der Waals surface area contributed by atoms with E-state index in [2.05, 4.69) is 4.74 Å². The Balaban J connectivity index is 3.64. The monoisotopic (exact) mass is 248 g/mol. The van der Waals surface area contributed by atoms with Gasteiger partial charge in [-0.15, -0.1) is 0 Å². The number of ether oxygens (including phenoxy) is 4. The SMILES string of the molecule is CCCOC(C)C(=O)OCC(=O)OCOCC. The zero-order valence-electron chi connectivity index (χ0n) is 10.6. The van der Waals surface area contributed by atoms with Crippen molar-refractivity contribution in [1.82, 2.24) is 0 Å². The predicted molar refractivity (Wildman–Crippen MR) is 59.2 cm³/mol. The molecule has 0 N–H and O–H groups in total. The number of hydrogen-bond acceptors (Lipinski definition) is 6. The normalized spacial score (nSPS) is 11.9. The molecule has 1 atom stereocenters. The highest BCUT2D eigenvalue weighted by molar-refractivity contribution is 5.78. The number of esters is 2. The zero-order chi connectivity index (χ0) is 13.1. The van der Waals surface area contributed by atoms with Gasteiger partial charge in [-0.05, 0) is 20.3 Å². The van der Waals surface area contributed by atoms with E-state index in [4.69, 9.17) is 14.2 Å². The second-order valence-electron chi connectivity index (χ2n) is 3.25. The highest BCUT2D eigenvalue weighted by atomic mass is 16.7. The highest BCUT2D eigenvalue weighted by Crippen LogP contribution is 1.96. The molecule has 0 spiro atoms. The van der Waals surface area contributed by atoms with Gasteiger partial charge in [0.05, 0.1) is 0 Å². The van der Waals surface area contributed by atoms with Crippen molar-refractivity contribution in [3.63, 3.8) is 0 Å². The molecular formula is C11H20O6. The van der Waals surface area contributed by atoms with E-state index >= 15 is 0 Å². The van der Waals surface area contributed by atoms with Gasteiger partial charge in [-0.3, -0.25) is 0 Å². The third-order valence-electron chi connectivity index (χ3n) is 1.74. The van der Waals surface area contributed by atoms with Crippen LogP contribution in [0.5, 0.6) is 0 Å². The number of hydrogen-bond donors (Lipinski definition) is 0. The fourth-order valence-corrected chi connectivity index (χ4v) is 0.842. The Kier molecular flexibility index (Phi) is 9.37. The number of carbonyl (C=O) groups excluding carboxylic acids is 2. The summed E-state index contributed by atoms with van der Waals surface area (Å²) in [5.41, 5.74) is 0. The van der Waals surface area contributed by atoms with E-state index in [0.29, 0.717) is 13.2 Å². The maximum Gasteiger partial charge on any atom is 0.346 e. The molecule has 0 aliphatic rings. The molecule has 6 heteroatoms. The van der Waals surface area contributed by atoms with E-state index in [1.807, 2.05) is 6.92 Å². The Morgan fingerprint density at radius 3 is 2.47 bits per heavy atom. The summed E-state index contributed by atoms with van der Waals surface area (Å²) in [6.07, 6.45) is 0.142. The van der Waals surface area contributed by atoms with Gasteiger partial charge >= 0.3 is 11.9 Å². The zero-order valence-corrected chi connectivity index (χ0v) is 10.6. The van der Waals surface area contributed by atoms with Crippen LogP contribution < -0.4 is 0 Å². The van der Waals surface area contributed by atoms with Gasteiger partial charge in [0.2, 0.25) is 0 Å². The molecule has 0 aromatic heterocycles. The van der Waals surface area contributed by atoms with Crippen molar-refractivity contribution in [2.75, 3.05) is 26.6 Å². The van der Waals surface area contributed by atoms with Crippen LogP contribution in [0.25, 0.3) is 0 Å². The molecule has 0 heterocycles. The van der Waals surface area contributed by atoms with Gasteiger partial charge in [0.15, 0.2) is 19.5 Å². The lowest BCUT2D eigenvalue weighted by Crippen LogP contribution is -2.27. The first kappa shape index (κ1) is 15.9. The average molecular weight is 248 g/mol. The van der Waals surface area contributed by atoms with Gasteiger partial charge in [-0.2, -0.15) is 0 Å². The molecule has 0 amide bonds. The van der Waals surface area contributed by atoms with Crippen LogP contribution in [0.3, 0.4) is 0 Å². The summed E-state index contributed by atoms with van der Waals surface area (Å²) < 4.78 is 19.2. The fraction of sp³-hybridized carbons (Fsp3) is 0.818. The van der Waals surface area contributed by atoms with Crippen LogP contribution >= 0.6 is 0 Å². The Morgan fingerprint density at radius 2 is 1.88 bits per heavy atom. The molecule has 6 nitrogen and oxygen atoms in total. The number of rotatable bonds is 9. The second kappa shape index (κ2) is 10.0. The van der Waals surface area contributed by atoms with Crippen LogP contribution in [0.15, 0.2) is 0 Å². The molecule has 0 bridgehead atoms. The van der Waals surface area contributed by atoms with Crippen molar-refractivity contribution in [2.24, 2.45) is 0 Å². The van der Waals surface area contributed by atoms with Crippen molar-refractivity contribution in [3.05, 3.63) is 0 Å². The van der Waals surface area contributed by atoms with E-state index < -0.39 is 24.6 Å². The molecule has 0 saturated heterocycles. The molecule has 1 unspecified atom stereocenters. The summed E-state index contributed by atoms with van der Waals surface area (Å²) in [7, 11) is 0. The van der Waals surface area contributed by atoms with E-state index in [-0.39, 0.29) is 6.79 Å². The Hall–Kier alpha value is -1.14. The van der Waals surface area contributed by atoms with Crippen molar-refractivity contribution >= 4 is 11.9 Å². The van der Waals surface area contributed by atoms with Gasteiger partial charge in [0.1, 0.15) is 0 Å². The van der Waals surface area contributed by atoms with E-state index in [9.17, 15) is 9.59 Å². The molecular weight excluding hydrogens is 228 g/mol. The van der Waals surface area contributed by atoms with Crippen molar-refractivity contribution in [3.8, 4) is 0 Å². The van der Waals surface area contributed by atoms with Crippen LogP contribution in [0.4, 0.5) is 0 Å². The van der Waals surface area contributed by atoms with Gasteiger partial charge < -0.3 is 18.9 Å². The quantitative estimate of drug-likeness (QED) is 0.343. The van der Waals surface area contributed by atoms with Crippen LogP contribution in [-0.2, 0) is 28.5 Å². The molecule has 0 saturated carbocycles. The van der Waals surface area contributed by atoms with Crippen LogP contribution in [-0.4, -0.2) is 44.7 Å². The largest absolute Gasteiger partial charge is 0.452 e. The van der Waals surface area contributed by atoms with Crippen molar-refractivity contribution in [1.29, 1.82) is 0 Å². The topological polar surface area (TPSA) is 71.1 Å². The Morgan fingerprint density at radius 1 is 1.18 bits per heavy atom. The summed E-state index contributed by atoms with van der Waals surface area (Å²) in [5.74, 6) is -1.22. The first-order chi connectivity index (χ1) is 8.11. The smallest absolute Gasteiger partial charge is 0.346 e. The molecule has 0 aromatic carbocycles. The standard InChI is InChI=1S/C11H20O6/c1-4-6-15-9(3)11(13)16-7-10(12)17-8-14-5-2/h9H,4-8H2,1-3H3. The summed E-state index contributed by atoms with van der Waals surface area (Å²) in [6, 6.07) is 0. The van der Waals surface area contributed by atoms with Gasteiger partial charge in [0, 0.05) is 13.2 Å². The molecule has 0 aromatic rings. The minimum Gasteiger partial charge on any atom is -0.452 e. The molecule has 100 valence electrons. The first-order valence-electron chi connectivity index (χ1n) is 5.63. The summed E-state index contributed by atoms with van der Waals surface area (Å²) in [5, 5.41) is 0. The fourth-order valence-electron chi connectivity index (χ4n) is 0.842. The maximum atomic E-state index is 11.3. The number of carbonyl (C=O) groups is 2. The summed E-state index contributed by atoms with van der Waals surface area (Å²) in [4.78, 5) is 22.3. The van der Waals surface area contributed by atoms with E-state index in [1.54, 1.807) is 13.8 Å².